The highest BCUT2D eigenvalue weighted by molar-refractivity contribution is 5.54. The highest BCUT2D eigenvalue weighted by Crippen LogP contribution is 2.33. The molecule has 0 aromatic heterocycles. The number of alkyl halides is 3. The second-order valence-electron chi connectivity index (χ2n) is 3.61. The fourth-order valence-corrected chi connectivity index (χ4v) is 1.27. The second-order valence-corrected chi connectivity index (χ2v) is 3.61. The summed E-state index contributed by atoms with van der Waals surface area (Å²) in [4.78, 5) is 0. The van der Waals surface area contributed by atoms with Gasteiger partial charge < -0.3 is 11.5 Å². The van der Waals surface area contributed by atoms with Gasteiger partial charge in [0.2, 0.25) is 0 Å². The number of nitrogen functional groups attached to an aromatic ring is 1. The fraction of sp³-hybridized carbons (Fsp3) is 0.300. The third-order valence-electron chi connectivity index (χ3n) is 2.17. The Morgan fingerprint density at radius 1 is 1.31 bits per heavy atom. The molecule has 0 spiro atoms. The van der Waals surface area contributed by atoms with E-state index in [0.717, 1.165) is 18.2 Å². The van der Waals surface area contributed by atoms with E-state index in [9.17, 15) is 13.2 Å². The first-order chi connectivity index (χ1) is 7.18. The minimum atomic E-state index is -4.45. The molecule has 0 aliphatic heterocycles. The molecule has 86 valence electrons. The van der Waals surface area contributed by atoms with Crippen molar-refractivity contribution in [2.45, 2.75) is 18.6 Å². The molecule has 3 nitrogen and oxygen atoms in total. The Balaban J connectivity index is 3.27. The topological polar surface area (TPSA) is 75.8 Å². The van der Waals surface area contributed by atoms with E-state index in [4.69, 9.17) is 16.7 Å². The maximum atomic E-state index is 12.3. The molecule has 0 saturated heterocycles. The third-order valence-corrected chi connectivity index (χ3v) is 2.17. The van der Waals surface area contributed by atoms with E-state index < -0.39 is 17.3 Å². The Morgan fingerprint density at radius 2 is 1.88 bits per heavy atom. The maximum Gasteiger partial charge on any atom is 0.416 e. The monoisotopic (exact) mass is 229 g/mol. The zero-order chi connectivity index (χ0) is 12.6. The summed E-state index contributed by atoms with van der Waals surface area (Å²) in [6, 6.07) is 4.53. The zero-order valence-electron chi connectivity index (χ0n) is 8.47. The summed E-state index contributed by atoms with van der Waals surface area (Å²) in [6.45, 7) is 1.38. The molecule has 0 fully saturated rings. The lowest BCUT2D eigenvalue weighted by molar-refractivity contribution is -0.137. The molecule has 0 aliphatic carbocycles. The largest absolute Gasteiger partial charge is 0.416 e. The fourth-order valence-electron chi connectivity index (χ4n) is 1.27. The number of halogens is 3. The van der Waals surface area contributed by atoms with Crippen molar-refractivity contribution in [3.63, 3.8) is 0 Å². The lowest BCUT2D eigenvalue weighted by Crippen LogP contribution is -2.32. The van der Waals surface area contributed by atoms with Crippen LogP contribution in [0.15, 0.2) is 18.2 Å². The molecular formula is C10H10F3N3. The van der Waals surface area contributed by atoms with Crippen LogP contribution in [0.2, 0.25) is 0 Å². The lowest BCUT2D eigenvalue weighted by Gasteiger charge is -2.19. The smallest absolute Gasteiger partial charge is 0.398 e. The Hall–Kier alpha value is -1.74. The first kappa shape index (κ1) is 12.3. The predicted molar refractivity (Wildman–Crippen MR) is 53.0 cm³/mol. The van der Waals surface area contributed by atoms with Gasteiger partial charge in [0.25, 0.3) is 0 Å². The Morgan fingerprint density at radius 3 is 2.25 bits per heavy atom. The van der Waals surface area contributed by atoms with E-state index in [0.29, 0.717) is 0 Å². The van der Waals surface area contributed by atoms with Crippen molar-refractivity contribution in [2.75, 3.05) is 5.73 Å². The lowest BCUT2D eigenvalue weighted by atomic mass is 9.92. The molecule has 4 N–H and O–H groups in total. The van der Waals surface area contributed by atoms with Crippen LogP contribution in [0, 0.1) is 11.3 Å². The van der Waals surface area contributed by atoms with Crippen molar-refractivity contribution in [1.82, 2.24) is 0 Å². The number of benzene rings is 1. The number of anilines is 1. The van der Waals surface area contributed by atoms with Gasteiger partial charge in [-0.3, -0.25) is 0 Å². The number of nitriles is 1. The summed E-state index contributed by atoms with van der Waals surface area (Å²) in [5.41, 5.74) is 8.82. The molecule has 0 heterocycles. The summed E-state index contributed by atoms with van der Waals surface area (Å²) >= 11 is 0. The molecule has 1 atom stereocenters. The molecule has 1 unspecified atom stereocenters. The molecule has 0 bridgehead atoms. The van der Waals surface area contributed by atoms with E-state index in [1.165, 1.54) is 6.92 Å². The van der Waals surface area contributed by atoms with Crippen molar-refractivity contribution in [3.8, 4) is 6.07 Å². The minimum Gasteiger partial charge on any atom is -0.398 e. The van der Waals surface area contributed by atoms with Crippen LogP contribution in [0.5, 0.6) is 0 Å². The SMILES string of the molecule is CC(N)(C#N)c1ccc(C(F)(F)F)cc1N. The van der Waals surface area contributed by atoms with Gasteiger partial charge in [-0.15, -0.1) is 0 Å². The zero-order valence-corrected chi connectivity index (χ0v) is 8.47. The van der Waals surface area contributed by atoms with Crippen molar-refractivity contribution in [2.24, 2.45) is 5.73 Å². The summed E-state index contributed by atoms with van der Waals surface area (Å²) in [5.74, 6) is 0. The van der Waals surface area contributed by atoms with Crippen LogP contribution >= 0.6 is 0 Å². The van der Waals surface area contributed by atoms with Crippen molar-refractivity contribution in [3.05, 3.63) is 29.3 Å². The third kappa shape index (κ3) is 2.25. The van der Waals surface area contributed by atoms with E-state index in [2.05, 4.69) is 0 Å². The van der Waals surface area contributed by atoms with Crippen LogP contribution in [-0.2, 0) is 11.7 Å². The molecule has 1 aromatic carbocycles. The van der Waals surface area contributed by atoms with Crippen molar-refractivity contribution >= 4 is 5.69 Å². The van der Waals surface area contributed by atoms with Gasteiger partial charge in [-0.2, -0.15) is 18.4 Å². The van der Waals surface area contributed by atoms with Gasteiger partial charge in [0.15, 0.2) is 0 Å². The summed E-state index contributed by atoms with van der Waals surface area (Å²) < 4.78 is 37.0. The molecule has 0 saturated carbocycles. The highest BCUT2D eigenvalue weighted by Gasteiger charge is 2.32. The van der Waals surface area contributed by atoms with E-state index in [-0.39, 0.29) is 11.3 Å². The van der Waals surface area contributed by atoms with Crippen LogP contribution in [-0.4, -0.2) is 0 Å². The summed E-state index contributed by atoms with van der Waals surface area (Å²) in [6.07, 6.45) is -4.45. The van der Waals surface area contributed by atoms with Crippen molar-refractivity contribution < 1.29 is 13.2 Å². The number of hydrogen-bond acceptors (Lipinski definition) is 3. The number of hydrogen-bond donors (Lipinski definition) is 2. The van der Waals surface area contributed by atoms with Crippen LogP contribution in [0.25, 0.3) is 0 Å². The number of rotatable bonds is 1. The molecular weight excluding hydrogens is 219 g/mol. The summed E-state index contributed by atoms with van der Waals surface area (Å²) in [5, 5.41) is 8.75. The van der Waals surface area contributed by atoms with Gasteiger partial charge in [0, 0.05) is 11.3 Å². The quantitative estimate of drug-likeness (QED) is 0.723. The average molecular weight is 229 g/mol. The predicted octanol–water partition coefficient (Wildman–Crippen LogP) is 1.99. The molecule has 0 aliphatic rings. The Bertz CT molecular complexity index is 444. The highest BCUT2D eigenvalue weighted by atomic mass is 19.4. The van der Waals surface area contributed by atoms with E-state index in [1.807, 2.05) is 0 Å². The molecule has 1 aromatic rings. The molecule has 0 amide bonds. The molecule has 16 heavy (non-hydrogen) atoms. The summed E-state index contributed by atoms with van der Waals surface area (Å²) in [7, 11) is 0. The van der Waals surface area contributed by atoms with Crippen LogP contribution in [0.4, 0.5) is 18.9 Å². The number of nitrogens with two attached hydrogens (primary N) is 2. The van der Waals surface area contributed by atoms with Crippen LogP contribution in [0.3, 0.4) is 0 Å². The normalized spacial score (nSPS) is 15.2. The Labute approximate surface area is 90.5 Å². The molecule has 0 radical (unpaired) electrons. The van der Waals surface area contributed by atoms with Crippen molar-refractivity contribution in [1.29, 1.82) is 5.26 Å². The van der Waals surface area contributed by atoms with Gasteiger partial charge in [-0.1, -0.05) is 6.07 Å². The second kappa shape index (κ2) is 3.68. The van der Waals surface area contributed by atoms with Crippen LogP contribution in [0.1, 0.15) is 18.1 Å². The van der Waals surface area contributed by atoms with Gasteiger partial charge in [-0.05, 0) is 19.1 Å². The maximum absolute atomic E-state index is 12.3. The minimum absolute atomic E-state index is 0.138. The average Bonchev–Trinajstić information content (AvgIpc) is 2.16. The van der Waals surface area contributed by atoms with Gasteiger partial charge in [-0.25, -0.2) is 0 Å². The van der Waals surface area contributed by atoms with Crippen LogP contribution < -0.4 is 11.5 Å². The van der Waals surface area contributed by atoms with Gasteiger partial charge in [0.1, 0.15) is 5.54 Å². The molecule has 6 heteroatoms. The van der Waals surface area contributed by atoms with E-state index >= 15 is 0 Å². The first-order valence-electron chi connectivity index (χ1n) is 4.36. The van der Waals surface area contributed by atoms with E-state index in [1.54, 1.807) is 6.07 Å². The number of nitrogens with zero attached hydrogens (tertiary/aromatic N) is 1. The van der Waals surface area contributed by atoms with Gasteiger partial charge in [0.05, 0.1) is 11.6 Å². The Kier molecular flexibility index (Phi) is 2.84. The standard InChI is InChI=1S/C10H10F3N3/c1-9(16,5-14)7-3-2-6(4-8(7)15)10(11,12)13/h2-4H,15-16H2,1H3. The first-order valence-corrected chi connectivity index (χ1v) is 4.36. The van der Waals surface area contributed by atoms with Gasteiger partial charge >= 0.3 is 6.18 Å². The molecule has 1 rings (SSSR count).